The Bertz CT molecular complexity index is 257. The van der Waals surface area contributed by atoms with E-state index >= 15 is 0 Å². The summed E-state index contributed by atoms with van der Waals surface area (Å²) < 4.78 is 0. The van der Waals surface area contributed by atoms with Crippen LogP contribution in [0.2, 0.25) is 0 Å². The molecule has 0 aromatic carbocycles. The van der Waals surface area contributed by atoms with Gasteiger partial charge in [0.05, 0.1) is 12.6 Å². The Morgan fingerprint density at radius 2 is 2.46 bits per heavy atom. The van der Waals surface area contributed by atoms with E-state index in [1.54, 1.807) is 6.07 Å². The van der Waals surface area contributed by atoms with Crippen LogP contribution in [0.3, 0.4) is 0 Å². The minimum Gasteiger partial charge on any atom is -0.354 e. The third-order valence-corrected chi connectivity index (χ3v) is 1.84. The average Bonchev–Trinajstić information content (AvgIpc) is 2.30. The SMILES string of the molecule is N#CCC(=O)N1CCCNC(=O)C1. The summed E-state index contributed by atoms with van der Waals surface area (Å²) in [6.45, 7) is 1.24. The Hall–Kier alpha value is -1.57. The van der Waals surface area contributed by atoms with Gasteiger partial charge in [0.1, 0.15) is 6.42 Å². The number of carbonyl (C=O) groups excluding carboxylic acids is 2. The highest BCUT2D eigenvalue weighted by Gasteiger charge is 2.18. The molecule has 1 N–H and O–H groups in total. The molecule has 0 aromatic heterocycles. The van der Waals surface area contributed by atoms with Crippen molar-refractivity contribution >= 4 is 11.8 Å². The molecule has 2 amide bonds. The van der Waals surface area contributed by atoms with Crippen molar-refractivity contribution in [3.63, 3.8) is 0 Å². The molecule has 1 heterocycles. The zero-order valence-corrected chi connectivity index (χ0v) is 7.25. The fourth-order valence-corrected chi connectivity index (χ4v) is 1.20. The first kappa shape index (κ1) is 9.52. The highest BCUT2D eigenvalue weighted by atomic mass is 16.2. The summed E-state index contributed by atoms with van der Waals surface area (Å²) in [6.07, 6.45) is 0.607. The smallest absolute Gasteiger partial charge is 0.239 e. The van der Waals surface area contributed by atoms with Gasteiger partial charge in [-0.05, 0) is 6.42 Å². The molecule has 0 aromatic rings. The van der Waals surface area contributed by atoms with Crippen molar-refractivity contribution in [2.45, 2.75) is 12.8 Å². The van der Waals surface area contributed by atoms with Gasteiger partial charge < -0.3 is 10.2 Å². The van der Waals surface area contributed by atoms with Gasteiger partial charge in [-0.2, -0.15) is 5.26 Å². The Kier molecular flexibility index (Phi) is 3.26. The van der Waals surface area contributed by atoms with Gasteiger partial charge >= 0.3 is 0 Å². The molecule has 1 saturated heterocycles. The van der Waals surface area contributed by atoms with Crippen LogP contribution in [0, 0.1) is 11.3 Å². The zero-order chi connectivity index (χ0) is 9.68. The van der Waals surface area contributed by atoms with Crippen molar-refractivity contribution in [3.05, 3.63) is 0 Å². The molecular formula is C8H11N3O2. The fraction of sp³-hybridized carbons (Fsp3) is 0.625. The summed E-state index contributed by atoms with van der Waals surface area (Å²) in [5.74, 6) is -0.414. The second kappa shape index (κ2) is 4.45. The van der Waals surface area contributed by atoms with Crippen LogP contribution in [0.5, 0.6) is 0 Å². The van der Waals surface area contributed by atoms with E-state index in [0.717, 1.165) is 6.42 Å². The highest BCUT2D eigenvalue weighted by molar-refractivity contribution is 5.85. The third kappa shape index (κ3) is 2.75. The first-order valence-electron chi connectivity index (χ1n) is 4.15. The van der Waals surface area contributed by atoms with Crippen LogP contribution < -0.4 is 5.32 Å². The molecule has 1 aliphatic heterocycles. The molecule has 13 heavy (non-hydrogen) atoms. The van der Waals surface area contributed by atoms with E-state index < -0.39 is 0 Å². The molecule has 0 aliphatic carbocycles. The molecule has 1 aliphatic rings. The van der Waals surface area contributed by atoms with Gasteiger partial charge in [0, 0.05) is 13.1 Å². The van der Waals surface area contributed by atoms with E-state index in [0.29, 0.717) is 13.1 Å². The summed E-state index contributed by atoms with van der Waals surface area (Å²) in [5, 5.41) is 11.0. The zero-order valence-electron chi connectivity index (χ0n) is 7.25. The predicted octanol–water partition coefficient (Wildman–Crippen LogP) is -0.751. The molecule has 0 bridgehead atoms. The lowest BCUT2D eigenvalue weighted by molar-refractivity contribution is -0.134. The number of amides is 2. The van der Waals surface area contributed by atoms with Gasteiger partial charge in [0.2, 0.25) is 11.8 Å². The van der Waals surface area contributed by atoms with E-state index in [2.05, 4.69) is 5.32 Å². The number of hydrogen-bond donors (Lipinski definition) is 1. The topological polar surface area (TPSA) is 73.2 Å². The van der Waals surface area contributed by atoms with E-state index in [1.807, 2.05) is 0 Å². The van der Waals surface area contributed by atoms with Gasteiger partial charge in [0.15, 0.2) is 0 Å². The number of nitrogens with one attached hydrogen (secondary N) is 1. The van der Waals surface area contributed by atoms with Crippen molar-refractivity contribution < 1.29 is 9.59 Å². The number of nitrogens with zero attached hydrogens (tertiary/aromatic N) is 2. The summed E-state index contributed by atoms with van der Waals surface area (Å²) in [5.41, 5.74) is 0. The molecule has 70 valence electrons. The monoisotopic (exact) mass is 181 g/mol. The number of hydrogen-bond acceptors (Lipinski definition) is 3. The van der Waals surface area contributed by atoms with E-state index in [4.69, 9.17) is 5.26 Å². The van der Waals surface area contributed by atoms with Crippen LogP contribution in [-0.2, 0) is 9.59 Å². The summed E-state index contributed by atoms with van der Waals surface area (Å²) in [7, 11) is 0. The maximum Gasteiger partial charge on any atom is 0.239 e. The summed E-state index contributed by atoms with van der Waals surface area (Å²) >= 11 is 0. The van der Waals surface area contributed by atoms with Crippen LogP contribution in [0.1, 0.15) is 12.8 Å². The second-order valence-corrected chi connectivity index (χ2v) is 2.85. The molecular weight excluding hydrogens is 170 g/mol. The standard InChI is InChI=1S/C8H11N3O2/c9-3-2-8(13)11-5-1-4-10-7(12)6-11/h1-2,4-6H2,(H,10,12). The molecule has 0 unspecified atom stereocenters. The lowest BCUT2D eigenvalue weighted by Crippen LogP contribution is -2.37. The Morgan fingerprint density at radius 1 is 1.69 bits per heavy atom. The predicted molar refractivity (Wildman–Crippen MR) is 44.4 cm³/mol. The molecule has 0 radical (unpaired) electrons. The molecule has 0 atom stereocenters. The van der Waals surface area contributed by atoms with E-state index in [1.165, 1.54) is 4.90 Å². The molecule has 0 saturated carbocycles. The van der Waals surface area contributed by atoms with Crippen molar-refractivity contribution in [1.29, 1.82) is 5.26 Å². The normalized spacial score (nSPS) is 17.2. The lowest BCUT2D eigenvalue weighted by Gasteiger charge is -2.16. The fourth-order valence-electron chi connectivity index (χ4n) is 1.20. The Balaban J connectivity index is 2.53. The molecule has 1 rings (SSSR count). The van der Waals surface area contributed by atoms with Crippen LogP contribution in [-0.4, -0.2) is 36.3 Å². The van der Waals surface area contributed by atoms with Gasteiger partial charge in [0.25, 0.3) is 0 Å². The van der Waals surface area contributed by atoms with Crippen molar-refractivity contribution in [3.8, 4) is 6.07 Å². The number of carbonyl (C=O) groups is 2. The van der Waals surface area contributed by atoms with E-state index in [-0.39, 0.29) is 24.8 Å². The van der Waals surface area contributed by atoms with E-state index in [9.17, 15) is 9.59 Å². The molecule has 1 fully saturated rings. The van der Waals surface area contributed by atoms with Crippen molar-refractivity contribution in [1.82, 2.24) is 10.2 Å². The highest BCUT2D eigenvalue weighted by Crippen LogP contribution is 1.98. The van der Waals surface area contributed by atoms with Crippen LogP contribution in [0.15, 0.2) is 0 Å². The lowest BCUT2D eigenvalue weighted by atomic mass is 10.3. The van der Waals surface area contributed by atoms with Gasteiger partial charge in [-0.25, -0.2) is 0 Å². The molecule has 5 nitrogen and oxygen atoms in total. The van der Waals surface area contributed by atoms with Crippen LogP contribution in [0.25, 0.3) is 0 Å². The first-order valence-corrected chi connectivity index (χ1v) is 4.15. The van der Waals surface area contributed by atoms with Gasteiger partial charge in [-0.15, -0.1) is 0 Å². The number of rotatable bonds is 1. The van der Waals surface area contributed by atoms with Crippen LogP contribution in [0.4, 0.5) is 0 Å². The average molecular weight is 181 g/mol. The Labute approximate surface area is 76.3 Å². The molecule has 5 heteroatoms. The van der Waals surface area contributed by atoms with Crippen molar-refractivity contribution in [2.24, 2.45) is 0 Å². The quantitative estimate of drug-likeness (QED) is 0.578. The minimum absolute atomic E-state index is 0.0838. The maximum absolute atomic E-state index is 11.2. The van der Waals surface area contributed by atoms with Gasteiger partial charge in [-0.1, -0.05) is 0 Å². The van der Waals surface area contributed by atoms with Gasteiger partial charge in [-0.3, -0.25) is 9.59 Å². The minimum atomic E-state index is -0.264. The second-order valence-electron chi connectivity index (χ2n) is 2.85. The largest absolute Gasteiger partial charge is 0.354 e. The maximum atomic E-state index is 11.2. The number of nitriles is 1. The third-order valence-electron chi connectivity index (χ3n) is 1.84. The summed E-state index contributed by atoms with van der Waals surface area (Å²) in [6, 6.07) is 1.78. The molecule has 0 spiro atoms. The van der Waals surface area contributed by atoms with Crippen molar-refractivity contribution in [2.75, 3.05) is 19.6 Å². The summed E-state index contributed by atoms with van der Waals surface area (Å²) in [4.78, 5) is 23.7. The Morgan fingerprint density at radius 3 is 3.15 bits per heavy atom. The first-order chi connectivity index (χ1) is 6.24. The van der Waals surface area contributed by atoms with Crippen LogP contribution >= 0.6 is 0 Å².